The first-order chi connectivity index (χ1) is 8.42. The molecule has 2 saturated carbocycles. The molecule has 0 radical (unpaired) electrons. The van der Waals surface area contributed by atoms with Gasteiger partial charge in [-0.2, -0.15) is 0 Å². The molecule has 0 atom stereocenters. The number of rotatable bonds is 4. The van der Waals surface area contributed by atoms with E-state index in [0.717, 1.165) is 11.3 Å². The van der Waals surface area contributed by atoms with E-state index in [-0.39, 0.29) is 7.92 Å². The van der Waals surface area contributed by atoms with E-state index in [2.05, 4.69) is 18.8 Å². The molecule has 0 bridgehead atoms. The lowest BCUT2D eigenvalue weighted by atomic mass is 9.99. The molecule has 0 spiro atoms. The lowest BCUT2D eigenvalue weighted by molar-refractivity contribution is 0.486. The van der Waals surface area contributed by atoms with E-state index in [4.69, 9.17) is 0 Å². The van der Waals surface area contributed by atoms with Crippen molar-refractivity contribution in [2.75, 3.05) is 0 Å². The average molecular weight is 252 g/mol. The highest BCUT2D eigenvalue weighted by atomic mass is 31.1. The molecule has 0 aromatic carbocycles. The molecule has 1 heteroatoms. The summed E-state index contributed by atoms with van der Waals surface area (Å²) in [7, 11) is 0.217. The predicted octanol–water partition coefficient (Wildman–Crippen LogP) is 6.06. The van der Waals surface area contributed by atoms with Crippen LogP contribution in [0.5, 0.6) is 0 Å². The molecule has 0 unspecified atom stereocenters. The predicted molar refractivity (Wildman–Crippen MR) is 80.1 cm³/mol. The smallest absolute Gasteiger partial charge is 0.0172 e. The molecule has 0 nitrogen and oxygen atoms in total. The Morgan fingerprint density at radius 2 is 1.29 bits per heavy atom. The maximum atomic E-state index is 2.67. The fourth-order valence-corrected chi connectivity index (χ4v) is 6.99. The minimum Gasteiger partial charge on any atom is -0.0843 e. The summed E-state index contributed by atoms with van der Waals surface area (Å²) in [5, 5.41) is 0. The van der Waals surface area contributed by atoms with Crippen molar-refractivity contribution in [3.8, 4) is 0 Å². The summed E-state index contributed by atoms with van der Waals surface area (Å²) in [6.07, 6.45) is 18.9. The van der Waals surface area contributed by atoms with Crippen LogP contribution < -0.4 is 0 Å². The van der Waals surface area contributed by atoms with Gasteiger partial charge in [0, 0.05) is 0 Å². The van der Waals surface area contributed by atoms with Gasteiger partial charge in [0.25, 0.3) is 0 Å². The second-order valence-corrected chi connectivity index (χ2v) is 8.48. The summed E-state index contributed by atoms with van der Waals surface area (Å²) in [4.78, 5) is 0. The van der Waals surface area contributed by atoms with Crippen LogP contribution in [0.1, 0.15) is 77.6 Å². The highest BCUT2D eigenvalue weighted by molar-refractivity contribution is 7.62. The Morgan fingerprint density at radius 3 is 1.71 bits per heavy atom. The molecule has 0 saturated heterocycles. The van der Waals surface area contributed by atoms with Gasteiger partial charge in [-0.15, -0.1) is 0 Å². The van der Waals surface area contributed by atoms with Gasteiger partial charge in [-0.3, -0.25) is 0 Å². The van der Waals surface area contributed by atoms with Gasteiger partial charge in [-0.05, 0) is 43.4 Å². The van der Waals surface area contributed by atoms with Crippen molar-refractivity contribution in [3.63, 3.8) is 0 Å². The van der Waals surface area contributed by atoms with E-state index < -0.39 is 0 Å². The molecule has 2 aliphatic rings. The molecule has 98 valence electrons. The summed E-state index contributed by atoms with van der Waals surface area (Å²) < 4.78 is 0. The van der Waals surface area contributed by atoms with Gasteiger partial charge in [0.05, 0.1) is 0 Å². The Bertz CT molecular complexity index is 204. The molecule has 0 aromatic heterocycles. The third-order valence-electron chi connectivity index (χ3n) is 4.51. The molecule has 0 aromatic rings. The first-order valence-electron chi connectivity index (χ1n) is 7.86. The van der Waals surface area contributed by atoms with Crippen LogP contribution in [0.2, 0.25) is 0 Å². The third-order valence-corrected chi connectivity index (χ3v) is 7.78. The number of allylic oxidation sites excluding steroid dienone is 1. The van der Waals surface area contributed by atoms with Gasteiger partial charge in [-0.1, -0.05) is 65.3 Å². The van der Waals surface area contributed by atoms with Gasteiger partial charge in [0.2, 0.25) is 0 Å². The van der Waals surface area contributed by atoms with E-state index in [1.807, 2.05) is 0 Å². The fourth-order valence-electron chi connectivity index (χ4n) is 3.53. The molecule has 2 fully saturated rings. The van der Waals surface area contributed by atoms with Gasteiger partial charge < -0.3 is 0 Å². The van der Waals surface area contributed by atoms with Crippen LogP contribution in [-0.4, -0.2) is 11.3 Å². The largest absolute Gasteiger partial charge is 0.0843 e. The first-order valence-corrected chi connectivity index (χ1v) is 9.41. The third kappa shape index (κ3) is 4.09. The number of hydrogen-bond donors (Lipinski definition) is 0. The van der Waals surface area contributed by atoms with E-state index >= 15 is 0 Å². The van der Waals surface area contributed by atoms with Gasteiger partial charge >= 0.3 is 0 Å². The van der Waals surface area contributed by atoms with Gasteiger partial charge in [0.15, 0.2) is 0 Å². The minimum absolute atomic E-state index is 0.217. The average Bonchev–Trinajstić information content (AvgIpc) is 2.42. The van der Waals surface area contributed by atoms with Crippen LogP contribution in [0, 0.1) is 0 Å². The van der Waals surface area contributed by atoms with Crippen molar-refractivity contribution in [2.24, 2.45) is 0 Å². The lowest BCUT2D eigenvalue weighted by Gasteiger charge is -2.36. The Morgan fingerprint density at radius 1 is 0.824 bits per heavy atom. The molecule has 2 aliphatic carbocycles. The van der Waals surface area contributed by atoms with Crippen molar-refractivity contribution >= 4 is 7.92 Å². The van der Waals surface area contributed by atoms with Crippen molar-refractivity contribution in [2.45, 2.75) is 88.9 Å². The summed E-state index contributed by atoms with van der Waals surface area (Å²) in [5.74, 6) is 2.67. The van der Waals surface area contributed by atoms with Crippen molar-refractivity contribution in [3.05, 3.63) is 11.9 Å². The van der Waals surface area contributed by atoms with Crippen LogP contribution >= 0.6 is 7.92 Å². The lowest BCUT2D eigenvalue weighted by Crippen LogP contribution is -2.19. The van der Waals surface area contributed by atoms with Crippen LogP contribution in [-0.2, 0) is 0 Å². The minimum atomic E-state index is 0.217. The monoisotopic (exact) mass is 252 g/mol. The molecule has 0 aliphatic heterocycles. The molecule has 2 rings (SSSR count). The highest BCUT2D eigenvalue weighted by Gasteiger charge is 2.28. The SMILES string of the molecule is CCC=CP(C1CCCCC1)C1CCCCC1. The Hall–Kier alpha value is 0.170. The summed E-state index contributed by atoms with van der Waals surface area (Å²) in [6.45, 7) is 2.28. The topological polar surface area (TPSA) is 0 Å². The zero-order valence-corrected chi connectivity index (χ0v) is 12.4. The number of hydrogen-bond acceptors (Lipinski definition) is 0. The van der Waals surface area contributed by atoms with Gasteiger partial charge in [0.1, 0.15) is 0 Å². The Balaban J connectivity index is 1.97. The maximum Gasteiger partial charge on any atom is -0.0172 e. The van der Waals surface area contributed by atoms with Crippen LogP contribution in [0.3, 0.4) is 0 Å². The quantitative estimate of drug-likeness (QED) is 0.534. The second-order valence-electron chi connectivity index (χ2n) is 5.82. The van der Waals surface area contributed by atoms with Crippen LogP contribution in [0.15, 0.2) is 11.9 Å². The summed E-state index contributed by atoms with van der Waals surface area (Å²) in [5.41, 5.74) is 2.18. The standard InChI is InChI=1S/C16H29P/c1-2-3-14-17(15-10-6-4-7-11-15)16-12-8-5-9-13-16/h3,14-16H,2,4-13H2,1H3. The molecule has 0 amide bonds. The van der Waals surface area contributed by atoms with E-state index in [1.165, 1.54) is 70.6 Å². The molecular formula is C16H29P. The molecule has 0 heterocycles. The summed E-state index contributed by atoms with van der Waals surface area (Å²) >= 11 is 0. The van der Waals surface area contributed by atoms with Crippen molar-refractivity contribution in [1.82, 2.24) is 0 Å². The Kier molecular flexibility index (Phi) is 6.06. The van der Waals surface area contributed by atoms with E-state index in [0.29, 0.717) is 0 Å². The Labute approximate surface area is 109 Å². The van der Waals surface area contributed by atoms with Crippen molar-refractivity contribution in [1.29, 1.82) is 0 Å². The molecule has 17 heavy (non-hydrogen) atoms. The fraction of sp³-hybridized carbons (Fsp3) is 0.875. The molecular weight excluding hydrogens is 223 g/mol. The zero-order valence-electron chi connectivity index (χ0n) is 11.5. The van der Waals surface area contributed by atoms with Crippen LogP contribution in [0.25, 0.3) is 0 Å². The maximum absolute atomic E-state index is 2.67. The van der Waals surface area contributed by atoms with Crippen LogP contribution in [0.4, 0.5) is 0 Å². The van der Waals surface area contributed by atoms with Gasteiger partial charge in [-0.25, -0.2) is 0 Å². The second kappa shape index (κ2) is 7.57. The first kappa shape index (κ1) is 13.6. The normalized spacial score (nSPS) is 24.8. The van der Waals surface area contributed by atoms with E-state index in [9.17, 15) is 0 Å². The highest BCUT2D eigenvalue weighted by Crippen LogP contribution is 2.56. The zero-order chi connectivity index (χ0) is 11.9. The molecule has 0 N–H and O–H groups in total. The summed E-state index contributed by atoms with van der Waals surface area (Å²) in [6, 6.07) is 0. The van der Waals surface area contributed by atoms with E-state index in [1.54, 1.807) is 0 Å². The van der Waals surface area contributed by atoms with Crippen molar-refractivity contribution < 1.29 is 0 Å².